The molecule has 1 heterocycles. The summed E-state index contributed by atoms with van der Waals surface area (Å²) in [7, 11) is 4.14. The summed E-state index contributed by atoms with van der Waals surface area (Å²) in [6, 6.07) is 11.2. The van der Waals surface area contributed by atoms with E-state index in [1.807, 2.05) is 49.3 Å². The van der Waals surface area contributed by atoms with E-state index >= 15 is 0 Å². The molecule has 43 heavy (non-hydrogen) atoms. The van der Waals surface area contributed by atoms with Gasteiger partial charge in [-0.2, -0.15) is 0 Å². The average molecular weight is 607 g/mol. The lowest BCUT2D eigenvalue weighted by molar-refractivity contribution is -0.116. The number of phenols is 1. The number of carbonyl (C=O) groups excluding carboxylic acids is 4. The normalized spacial score (nSPS) is 13.8. The Labute approximate surface area is 249 Å². The number of fused-ring (bicyclic) bond motifs is 2. The molecule has 2 aliphatic rings. The summed E-state index contributed by atoms with van der Waals surface area (Å²) in [5.74, 6) is -0.144. The minimum atomic E-state index is -3.11. The molecule has 0 spiro atoms. The molecule has 12 nitrogen and oxygen atoms in total. The van der Waals surface area contributed by atoms with Crippen LogP contribution in [0.25, 0.3) is 22.1 Å². The van der Waals surface area contributed by atoms with E-state index in [4.69, 9.17) is 12.6 Å². The topological polar surface area (TPSA) is 172 Å². The molecular formula is C30H30N4O8S. The number of aromatic hydroxyl groups is 1. The van der Waals surface area contributed by atoms with Gasteiger partial charge in [-0.1, -0.05) is 12.1 Å². The van der Waals surface area contributed by atoms with Crippen molar-refractivity contribution >= 4 is 61.5 Å². The van der Waals surface area contributed by atoms with Gasteiger partial charge in [0.2, 0.25) is 5.78 Å². The number of phenolic OH excluding ortho intramolecular Hbond substituents is 1. The maximum Gasteiger partial charge on any atom is 0.425 e. The van der Waals surface area contributed by atoms with Gasteiger partial charge in [-0.05, 0) is 56.4 Å². The molecule has 1 N–H and O–H groups in total. The van der Waals surface area contributed by atoms with Gasteiger partial charge in [-0.15, -0.1) is 12.6 Å². The molecule has 3 aromatic rings. The van der Waals surface area contributed by atoms with Crippen molar-refractivity contribution < 1.29 is 36.9 Å². The molecule has 5 rings (SSSR count). The highest BCUT2D eigenvalue weighted by atomic mass is 32.2. The molecule has 0 amide bonds. The van der Waals surface area contributed by atoms with E-state index in [1.54, 1.807) is 38.9 Å². The maximum absolute atomic E-state index is 11.3. The molecular weight excluding hydrogens is 576 g/mol. The highest BCUT2D eigenvalue weighted by molar-refractivity contribution is 7.59. The number of para-hydroxylation sites is 2. The molecule has 13 heteroatoms. The Kier molecular flexibility index (Phi) is 11.9. The van der Waals surface area contributed by atoms with Gasteiger partial charge in [0.25, 0.3) is 0 Å². The predicted molar refractivity (Wildman–Crippen MR) is 161 cm³/mol. The van der Waals surface area contributed by atoms with E-state index in [2.05, 4.69) is 9.97 Å². The van der Waals surface area contributed by atoms with Gasteiger partial charge in [0.1, 0.15) is 5.75 Å². The summed E-state index contributed by atoms with van der Waals surface area (Å²) in [4.78, 5) is 56.1. The van der Waals surface area contributed by atoms with Crippen LogP contribution in [0.5, 0.6) is 5.75 Å². The molecule has 0 atom stereocenters. The summed E-state index contributed by atoms with van der Waals surface area (Å²) in [6.07, 6.45) is 6.64. The standard InChI is InChI=1S/C14H13N3O.C9H11NO2.C7H6O2.O3S/c1-17(2)13-7-11-12(8-14(13)18)16-10-6-4-3-5-9(10)15-11;1-6-4-9(12)7(10(2)3)5-8(6)11;1-5-4-6(8)2-3-7(5)9;1-4(2)3/h3-8,18H,1-2H3;4-5H,1-3H3;2-4H,1H3;. The highest BCUT2D eigenvalue weighted by Crippen LogP contribution is 2.30. The molecule has 0 aliphatic heterocycles. The number of carbonyl (C=O) groups is 4. The second-order valence-corrected chi connectivity index (χ2v) is 9.96. The second kappa shape index (κ2) is 15.1. The number of rotatable bonds is 2. The van der Waals surface area contributed by atoms with Crippen LogP contribution >= 0.6 is 0 Å². The van der Waals surface area contributed by atoms with Crippen LogP contribution < -0.4 is 4.90 Å². The Balaban J connectivity index is 0.000000224. The van der Waals surface area contributed by atoms with Crippen molar-refractivity contribution in [1.29, 1.82) is 0 Å². The van der Waals surface area contributed by atoms with Crippen molar-refractivity contribution in [3.8, 4) is 5.75 Å². The third-order valence-corrected chi connectivity index (χ3v) is 5.80. The first-order valence-corrected chi connectivity index (χ1v) is 13.5. The fraction of sp³-hybridized carbons (Fsp3) is 0.200. The Bertz CT molecular complexity index is 1830. The van der Waals surface area contributed by atoms with Gasteiger partial charge >= 0.3 is 10.6 Å². The zero-order valence-corrected chi connectivity index (χ0v) is 25.2. The van der Waals surface area contributed by atoms with Crippen LogP contribution in [0.1, 0.15) is 13.8 Å². The van der Waals surface area contributed by atoms with Crippen molar-refractivity contribution in [2.75, 3.05) is 33.1 Å². The smallest absolute Gasteiger partial charge is 0.425 e. The molecule has 0 bridgehead atoms. The molecule has 0 unspecified atom stereocenters. The maximum atomic E-state index is 11.3. The van der Waals surface area contributed by atoms with E-state index in [1.165, 1.54) is 30.4 Å². The molecule has 0 saturated heterocycles. The first-order chi connectivity index (χ1) is 20.1. The largest absolute Gasteiger partial charge is 0.506 e. The van der Waals surface area contributed by atoms with Crippen molar-refractivity contribution in [1.82, 2.24) is 14.9 Å². The van der Waals surface area contributed by atoms with Crippen molar-refractivity contribution in [3.05, 3.63) is 83.6 Å². The third kappa shape index (κ3) is 9.93. The van der Waals surface area contributed by atoms with Crippen LogP contribution in [0, 0.1) is 0 Å². The van der Waals surface area contributed by atoms with E-state index in [0.717, 1.165) is 22.2 Å². The fourth-order valence-electron chi connectivity index (χ4n) is 3.63. The highest BCUT2D eigenvalue weighted by Gasteiger charge is 2.18. The van der Waals surface area contributed by atoms with Gasteiger partial charge < -0.3 is 14.9 Å². The molecule has 1 aromatic heterocycles. The number of aromatic nitrogens is 2. The number of ketones is 4. The first-order valence-electron chi connectivity index (χ1n) is 12.5. The predicted octanol–water partition coefficient (Wildman–Crippen LogP) is 2.72. The van der Waals surface area contributed by atoms with Crippen molar-refractivity contribution in [2.24, 2.45) is 0 Å². The summed E-state index contributed by atoms with van der Waals surface area (Å²) >= 11 is 0. The molecule has 0 radical (unpaired) electrons. The van der Waals surface area contributed by atoms with E-state index in [9.17, 15) is 24.3 Å². The van der Waals surface area contributed by atoms with E-state index < -0.39 is 10.6 Å². The summed E-state index contributed by atoms with van der Waals surface area (Å²) < 4.78 is 25.3. The monoisotopic (exact) mass is 606 g/mol. The number of anilines is 1. The van der Waals surface area contributed by atoms with E-state index in [0.29, 0.717) is 22.4 Å². The minimum Gasteiger partial charge on any atom is -0.506 e. The van der Waals surface area contributed by atoms with Crippen molar-refractivity contribution in [3.63, 3.8) is 0 Å². The Morgan fingerprint density at radius 2 is 1.16 bits per heavy atom. The van der Waals surface area contributed by atoms with Gasteiger partial charge in [0.05, 0.1) is 33.5 Å². The number of benzene rings is 2. The Morgan fingerprint density at radius 1 is 0.651 bits per heavy atom. The Morgan fingerprint density at radius 3 is 1.63 bits per heavy atom. The van der Waals surface area contributed by atoms with Crippen LogP contribution in [-0.4, -0.2) is 83.9 Å². The van der Waals surface area contributed by atoms with E-state index in [-0.39, 0.29) is 28.9 Å². The summed E-state index contributed by atoms with van der Waals surface area (Å²) in [6.45, 7) is 3.27. The lowest BCUT2D eigenvalue weighted by Gasteiger charge is -2.17. The quantitative estimate of drug-likeness (QED) is 0.334. The molecule has 224 valence electrons. The lowest BCUT2D eigenvalue weighted by Crippen LogP contribution is -2.22. The second-order valence-electron chi connectivity index (χ2n) is 9.55. The molecule has 2 aromatic carbocycles. The van der Waals surface area contributed by atoms with Crippen LogP contribution in [0.15, 0.2) is 83.6 Å². The zero-order chi connectivity index (χ0) is 32.4. The lowest BCUT2D eigenvalue weighted by atomic mass is 10.0. The van der Waals surface area contributed by atoms with Gasteiger partial charge in [0, 0.05) is 51.5 Å². The van der Waals surface area contributed by atoms with Gasteiger partial charge in [-0.25, -0.2) is 9.97 Å². The SMILES string of the molecule is CC1=CC(=O)C(N(C)C)=CC1=O.CC1=CC(=O)C=CC1=O.CN(C)c1cc2nc3ccccc3nc2cc1O.O=S(=O)=O. The average Bonchev–Trinajstić information content (AvgIpc) is 2.91. The minimum absolute atomic E-state index is 0.0744. The van der Waals surface area contributed by atoms with Crippen LogP contribution in [0.2, 0.25) is 0 Å². The third-order valence-electron chi connectivity index (χ3n) is 5.80. The van der Waals surface area contributed by atoms with Crippen LogP contribution in [-0.2, 0) is 29.8 Å². The number of likely N-dealkylation sites (N-methyl/N-ethyl adjacent to an activating group) is 1. The number of hydrogen-bond donors (Lipinski definition) is 1. The van der Waals surface area contributed by atoms with Crippen LogP contribution in [0.4, 0.5) is 5.69 Å². The number of nitrogens with zero attached hydrogens (tertiary/aromatic N) is 4. The summed E-state index contributed by atoms with van der Waals surface area (Å²) in [5, 5.41) is 9.94. The molecule has 0 saturated carbocycles. The number of hydrogen-bond acceptors (Lipinski definition) is 12. The molecule has 0 fully saturated rings. The number of allylic oxidation sites excluding steroid dienone is 7. The van der Waals surface area contributed by atoms with Gasteiger partial charge in [0.15, 0.2) is 17.3 Å². The van der Waals surface area contributed by atoms with Crippen molar-refractivity contribution in [2.45, 2.75) is 13.8 Å². The first kappa shape index (κ1) is 33.9. The summed E-state index contributed by atoms with van der Waals surface area (Å²) in [5.41, 5.74) is 5.40. The van der Waals surface area contributed by atoms with Crippen LogP contribution in [0.3, 0.4) is 0 Å². The zero-order valence-electron chi connectivity index (χ0n) is 24.4. The Hall–Kier alpha value is -5.30. The fourth-order valence-corrected chi connectivity index (χ4v) is 3.63. The molecule has 2 aliphatic carbocycles. The van der Waals surface area contributed by atoms with Gasteiger partial charge in [-0.3, -0.25) is 19.2 Å².